The van der Waals surface area contributed by atoms with Gasteiger partial charge in [-0.3, -0.25) is 9.78 Å². The first kappa shape index (κ1) is 38.2. The minimum Gasteiger partial charge on any atom is -0.453 e. The van der Waals surface area contributed by atoms with Crippen molar-refractivity contribution >= 4 is 35.4 Å². The summed E-state index contributed by atoms with van der Waals surface area (Å²) in [5, 5.41) is 9.46. The molecule has 270 valence electrons. The number of amides is 3. The molecule has 0 bridgehead atoms. The first-order chi connectivity index (χ1) is 23.7. The molecule has 0 saturated carbocycles. The Hall–Kier alpha value is -4.61. The highest BCUT2D eigenvalue weighted by atomic mass is 35.5. The number of ether oxygens (including phenoxy) is 3. The molecule has 0 unspecified atom stereocenters. The largest absolute Gasteiger partial charge is 0.453 e. The molecule has 3 aromatic rings. The Bertz CT molecular complexity index is 1660. The molecule has 1 aromatic heterocycles. The molecule has 50 heavy (non-hydrogen) atoms. The van der Waals surface area contributed by atoms with Gasteiger partial charge in [-0.2, -0.15) is 13.2 Å². The summed E-state index contributed by atoms with van der Waals surface area (Å²) in [5.41, 5.74) is 0.359. The number of rotatable bonds is 12. The molecule has 4 N–H and O–H groups in total. The Morgan fingerprint density at radius 2 is 1.84 bits per heavy atom. The van der Waals surface area contributed by atoms with Crippen LogP contribution in [0.1, 0.15) is 29.0 Å². The Morgan fingerprint density at radius 3 is 2.50 bits per heavy atom. The lowest BCUT2D eigenvalue weighted by molar-refractivity contribution is -0.124. The van der Waals surface area contributed by atoms with Gasteiger partial charge in [-0.25, -0.2) is 22.8 Å². The molecular formula is C32H32ClF6N5O6. The van der Waals surface area contributed by atoms with Crippen LogP contribution in [0.5, 0.6) is 0 Å². The van der Waals surface area contributed by atoms with Crippen LogP contribution in [0, 0.1) is 17.5 Å². The summed E-state index contributed by atoms with van der Waals surface area (Å²) >= 11 is 5.87. The smallest absolute Gasteiger partial charge is 0.407 e. The number of alkyl halides is 3. The number of nitrogens with zero attached hydrogens (tertiary/aromatic N) is 1. The van der Waals surface area contributed by atoms with Gasteiger partial charge in [0.05, 0.1) is 37.1 Å². The molecule has 2 heterocycles. The van der Waals surface area contributed by atoms with Gasteiger partial charge >= 0.3 is 18.4 Å². The number of methoxy groups -OCH3 is 1. The Kier molecular flexibility index (Phi) is 13.3. The van der Waals surface area contributed by atoms with E-state index in [0.717, 1.165) is 25.4 Å². The zero-order chi connectivity index (χ0) is 36.4. The van der Waals surface area contributed by atoms with Crippen molar-refractivity contribution < 1.29 is 54.9 Å². The molecule has 1 saturated heterocycles. The van der Waals surface area contributed by atoms with Gasteiger partial charge in [0.15, 0.2) is 0 Å². The molecule has 4 rings (SSSR count). The van der Waals surface area contributed by atoms with Gasteiger partial charge in [0.25, 0.3) is 0 Å². The minimum atomic E-state index is -4.58. The van der Waals surface area contributed by atoms with E-state index in [1.807, 2.05) is 0 Å². The molecule has 1 aliphatic rings. The summed E-state index contributed by atoms with van der Waals surface area (Å²) in [6, 6.07) is 6.63. The maximum atomic E-state index is 15.2. The normalized spacial score (nSPS) is 17.3. The Morgan fingerprint density at radius 1 is 1.06 bits per heavy atom. The summed E-state index contributed by atoms with van der Waals surface area (Å²) in [4.78, 5) is 41.7. The molecule has 11 nitrogen and oxygen atoms in total. The third kappa shape index (κ3) is 10.9. The molecule has 1 fully saturated rings. The highest BCUT2D eigenvalue weighted by molar-refractivity contribution is 6.30. The molecule has 18 heteroatoms. The summed E-state index contributed by atoms with van der Waals surface area (Å²) in [6.07, 6.45) is -4.83. The number of hydrogen-bond donors (Lipinski definition) is 4. The standard InChI is InChI=1S/C32H32ClF6N5O6/c1-48-31(47)44-28(27(18-9-19(34)12-40-11-18)17-5-8-23(33)25(36)10-17)29(45)43-26-4-2-3-24(35)22(26)7-6-21-13-41-20(14-49-21)15-50-30(46)42-16-32(37,38)39/h2-5,8-12,20-21,27-28,41H,6-7,13-16H2,1H3,(H,42,46)(H,43,45)(H,44,47)/t20-,21+,27-,28-/m0/s1. The van der Waals surface area contributed by atoms with Crippen molar-refractivity contribution in [3.63, 3.8) is 0 Å². The number of pyridine rings is 1. The molecule has 0 spiro atoms. The number of halogens is 7. The second-order valence-electron chi connectivity index (χ2n) is 11.1. The van der Waals surface area contributed by atoms with E-state index in [-0.39, 0.29) is 60.0 Å². The quantitative estimate of drug-likeness (QED) is 0.186. The number of carbonyl (C=O) groups is 3. The van der Waals surface area contributed by atoms with Gasteiger partial charge in [0, 0.05) is 29.9 Å². The zero-order valence-electron chi connectivity index (χ0n) is 26.3. The Balaban J connectivity index is 1.47. The second kappa shape index (κ2) is 17.4. The van der Waals surface area contributed by atoms with Crippen LogP contribution < -0.4 is 21.3 Å². The maximum Gasteiger partial charge on any atom is 0.407 e. The molecule has 0 aliphatic carbocycles. The van der Waals surface area contributed by atoms with E-state index in [1.165, 1.54) is 36.5 Å². The number of morpholine rings is 1. The second-order valence-corrected chi connectivity index (χ2v) is 11.5. The van der Waals surface area contributed by atoms with Crippen molar-refractivity contribution in [2.75, 3.05) is 38.7 Å². The van der Waals surface area contributed by atoms with Gasteiger partial charge in [0.2, 0.25) is 5.91 Å². The van der Waals surface area contributed by atoms with Crippen LogP contribution in [0.2, 0.25) is 5.02 Å². The minimum absolute atomic E-state index is 0.0422. The molecule has 2 aromatic carbocycles. The van der Waals surface area contributed by atoms with E-state index in [9.17, 15) is 36.3 Å². The number of aromatic nitrogens is 1. The van der Waals surface area contributed by atoms with Gasteiger partial charge < -0.3 is 35.5 Å². The summed E-state index contributed by atoms with van der Waals surface area (Å²) in [7, 11) is 1.06. The topological polar surface area (TPSA) is 140 Å². The third-order valence-corrected chi connectivity index (χ3v) is 7.88. The molecule has 1 aliphatic heterocycles. The van der Waals surface area contributed by atoms with Crippen LogP contribution in [0.3, 0.4) is 0 Å². The summed E-state index contributed by atoms with van der Waals surface area (Å²) < 4.78 is 96.2. The fraction of sp³-hybridized carbons (Fsp3) is 0.375. The van der Waals surface area contributed by atoms with Crippen molar-refractivity contribution in [2.45, 2.75) is 43.1 Å². The van der Waals surface area contributed by atoms with Crippen LogP contribution >= 0.6 is 11.6 Å². The van der Waals surface area contributed by atoms with Crippen LogP contribution in [0.15, 0.2) is 54.9 Å². The van der Waals surface area contributed by atoms with E-state index >= 15 is 4.39 Å². The van der Waals surface area contributed by atoms with Crippen LogP contribution in [-0.2, 0) is 25.4 Å². The summed E-state index contributed by atoms with van der Waals surface area (Å²) in [5.74, 6) is -4.38. The van der Waals surface area contributed by atoms with Crippen LogP contribution in [-0.4, -0.2) is 80.9 Å². The number of hydrogen-bond acceptors (Lipinski definition) is 8. The average Bonchev–Trinajstić information content (AvgIpc) is 3.07. The van der Waals surface area contributed by atoms with Gasteiger partial charge in [-0.1, -0.05) is 23.7 Å². The first-order valence-electron chi connectivity index (χ1n) is 15.0. The third-order valence-electron chi connectivity index (χ3n) is 7.57. The highest BCUT2D eigenvalue weighted by Crippen LogP contribution is 2.32. The summed E-state index contributed by atoms with van der Waals surface area (Å²) in [6.45, 7) is -1.51. The Labute approximate surface area is 287 Å². The maximum absolute atomic E-state index is 15.2. The molecule has 3 amide bonds. The average molecular weight is 732 g/mol. The number of benzene rings is 2. The van der Waals surface area contributed by atoms with Gasteiger partial charge in [-0.15, -0.1) is 0 Å². The van der Waals surface area contributed by atoms with E-state index in [2.05, 4.69) is 20.9 Å². The predicted molar refractivity (Wildman–Crippen MR) is 167 cm³/mol. The fourth-order valence-electron chi connectivity index (χ4n) is 5.17. The number of alkyl carbamates (subject to hydrolysis) is 2. The monoisotopic (exact) mass is 731 g/mol. The number of nitrogens with one attached hydrogen (secondary N) is 4. The van der Waals surface area contributed by atoms with Crippen LogP contribution in [0.4, 0.5) is 41.6 Å². The lowest BCUT2D eigenvalue weighted by Gasteiger charge is -2.30. The van der Waals surface area contributed by atoms with Gasteiger partial charge in [0.1, 0.15) is 36.6 Å². The van der Waals surface area contributed by atoms with Gasteiger partial charge in [-0.05, 0) is 54.3 Å². The van der Waals surface area contributed by atoms with Crippen molar-refractivity contribution in [1.29, 1.82) is 0 Å². The van der Waals surface area contributed by atoms with Crippen molar-refractivity contribution in [3.8, 4) is 0 Å². The zero-order valence-corrected chi connectivity index (χ0v) is 27.0. The lowest BCUT2D eigenvalue weighted by atomic mass is 9.85. The van der Waals surface area contributed by atoms with Crippen molar-refractivity contribution in [2.24, 2.45) is 0 Å². The molecule has 4 atom stereocenters. The fourth-order valence-corrected chi connectivity index (χ4v) is 5.29. The first-order valence-corrected chi connectivity index (χ1v) is 15.4. The highest BCUT2D eigenvalue weighted by Gasteiger charge is 2.35. The van der Waals surface area contributed by atoms with Crippen molar-refractivity contribution in [3.05, 3.63) is 94.0 Å². The molecular weight excluding hydrogens is 700 g/mol. The van der Waals surface area contributed by atoms with E-state index < -0.39 is 72.4 Å². The number of carbonyl (C=O) groups excluding carboxylic acids is 3. The van der Waals surface area contributed by atoms with E-state index in [4.69, 9.17) is 25.8 Å². The SMILES string of the molecule is COC(=O)N[C@H](C(=O)Nc1cccc(F)c1CC[C@@H]1CN[C@H](COC(=O)NCC(F)(F)F)CO1)[C@H](c1cncc(F)c1)c1ccc(Cl)c(F)c1. The predicted octanol–water partition coefficient (Wildman–Crippen LogP) is 5.23. The molecule has 0 radical (unpaired) electrons. The van der Waals surface area contributed by atoms with Crippen LogP contribution in [0.25, 0.3) is 0 Å². The van der Waals surface area contributed by atoms with E-state index in [0.29, 0.717) is 0 Å². The number of anilines is 1. The van der Waals surface area contributed by atoms with E-state index in [1.54, 1.807) is 5.32 Å². The lowest BCUT2D eigenvalue weighted by Crippen LogP contribution is -2.49. The van der Waals surface area contributed by atoms with Crippen molar-refractivity contribution in [1.82, 2.24) is 20.9 Å².